The molecule has 0 bridgehead atoms. The van der Waals surface area contributed by atoms with Crippen LogP contribution in [-0.4, -0.2) is 24.5 Å². The van der Waals surface area contributed by atoms with Crippen LogP contribution in [-0.2, 0) is 9.47 Å². The Bertz CT molecular complexity index is 282. The van der Waals surface area contributed by atoms with Crippen molar-refractivity contribution in [3.05, 3.63) is 0 Å². The molecule has 0 aromatic rings. The molecule has 0 radical (unpaired) electrons. The van der Waals surface area contributed by atoms with Crippen molar-refractivity contribution in [3.63, 3.8) is 0 Å². The monoisotopic (exact) mass is 244 g/mol. The Morgan fingerprint density at radius 2 is 1.71 bits per heavy atom. The lowest BCUT2D eigenvalue weighted by molar-refractivity contribution is -0.0283. The molecule has 0 N–H and O–H groups in total. The second kappa shape index (κ2) is 5.98. The van der Waals surface area contributed by atoms with Crippen LogP contribution < -0.4 is 0 Å². The van der Waals surface area contributed by atoms with Crippen molar-refractivity contribution < 1.29 is 14.3 Å². The van der Waals surface area contributed by atoms with Gasteiger partial charge in [0.15, 0.2) is 0 Å². The SMILES string of the molecule is COC(=O)OC(C)(CC(C)C)N=NC(C)(C)C. The summed E-state index contributed by atoms with van der Waals surface area (Å²) in [6, 6.07) is 0. The standard InChI is InChI=1S/C12H24N2O3/c1-9(2)8-12(6,17-10(15)16-7)14-13-11(3,4)5/h9H,8H2,1-7H3. The number of methoxy groups -OCH3 is 1. The molecule has 5 heteroatoms. The molecule has 0 aromatic heterocycles. The molecule has 0 spiro atoms. The van der Waals surface area contributed by atoms with Crippen LogP contribution in [0.4, 0.5) is 4.79 Å². The number of carbonyl (C=O) groups excluding carboxylic acids is 1. The highest BCUT2D eigenvalue weighted by molar-refractivity contribution is 5.60. The van der Waals surface area contributed by atoms with E-state index < -0.39 is 11.9 Å². The molecule has 0 saturated heterocycles. The molecule has 17 heavy (non-hydrogen) atoms. The fraction of sp³-hybridized carbons (Fsp3) is 0.917. The Balaban J connectivity index is 4.84. The Morgan fingerprint density at radius 3 is 2.06 bits per heavy atom. The van der Waals surface area contributed by atoms with Crippen molar-refractivity contribution in [3.8, 4) is 0 Å². The van der Waals surface area contributed by atoms with E-state index in [1.807, 2.05) is 34.6 Å². The highest BCUT2D eigenvalue weighted by Crippen LogP contribution is 2.25. The minimum absolute atomic E-state index is 0.294. The Labute approximate surface area is 104 Å². The third-order valence-electron chi connectivity index (χ3n) is 1.82. The Hall–Kier alpha value is -1.13. The molecule has 0 aliphatic carbocycles. The maximum absolute atomic E-state index is 11.2. The third kappa shape index (κ3) is 7.71. The van der Waals surface area contributed by atoms with Crippen molar-refractivity contribution >= 4 is 6.16 Å². The number of carbonyl (C=O) groups is 1. The highest BCUT2D eigenvalue weighted by atomic mass is 16.7. The average molecular weight is 244 g/mol. The molecule has 100 valence electrons. The van der Waals surface area contributed by atoms with Gasteiger partial charge in [-0.25, -0.2) is 4.79 Å². The van der Waals surface area contributed by atoms with Crippen molar-refractivity contribution in [2.75, 3.05) is 7.11 Å². The molecule has 0 saturated carbocycles. The predicted molar refractivity (Wildman–Crippen MR) is 66.0 cm³/mol. The van der Waals surface area contributed by atoms with E-state index in [0.29, 0.717) is 12.3 Å². The summed E-state index contributed by atoms with van der Waals surface area (Å²) in [5, 5.41) is 8.32. The summed E-state index contributed by atoms with van der Waals surface area (Å²) in [5.41, 5.74) is -1.26. The zero-order valence-electron chi connectivity index (χ0n) is 11.9. The highest BCUT2D eigenvalue weighted by Gasteiger charge is 2.31. The molecule has 1 atom stereocenters. The quantitative estimate of drug-likeness (QED) is 0.558. The van der Waals surface area contributed by atoms with E-state index in [0.717, 1.165) is 0 Å². The van der Waals surface area contributed by atoms with Gasteiger partial charge in [-0.15, -0.1) is 5.11 Å². The van der Waals surface area contributed by atoms with Gasteiger partial charge in [0.2, 0.25) is 5.72 Å². The minimum Gasteiger partial charge on any atom is -0.438 e. The number of rotatable bonds is 4. The smallest absolute Gasteiger partial charge is 0.438 e. The van der Waals surface area contributed by atoms with Crippen LogP contribution in [0, 0.1) is 5.92 Å². The molecule has 0 amide bonds. The van der Waals surface area contributed by atoms with Gasteiger partial charge in [0.25, 0.3) is 0 Å². The van der Waals surface area contributed by atoms with Crippen LogP contribution in [0.1, 0.15) is 48.0 Å². The number of nitrogens with zero attached hydrogens (tertiary/aromatic N) is 2. The van der Waals surface area contributed by atoms with E-state index >= 15 is 0 Å². The summed E-state index contributed by atoms with van der Waals surface area (Å²) in [5.74, 6) is 0.337. The zero-order chi connectivity index (χ0) is 13.7. The van der Waals surface area contributed by atoms with Crippen LogP contribution in [0.3, 0.4) is 0 Å². The molecule has 0 rings (SSSR count). The van der Waals surface area contributed by atoms with Gasteiger partial charge in [-0.05, 0) is 33.6 Å². The third-order valence-corrected chi connectivity index (χ3v) is 1.82. The molecule has 5 nitrogen and oxygen atoms in total. The van der Waals surface area contributed by atoms with Crippen LogP contribution in [0.15, 0.2) is 10.2 Å². The van der Waals surface area contributed by atoms with Crippen molar-refractivity contribution in [2.45, 2.75) is 59.2 Å². The largest absolute Gasteiger partial charge is 0.510 e. The summed E-state index contributed by atoms with van der Waals surface area (Å²) in [7, 11) is 1.28. The summed E-state index contributed by atoms with van der Waals surface area (Å²) in [6.45, 7) is 11.6. The van der Waals surface area contributed by atoms with E-state index in [1.54, 1.807) is 6.92 Å². The fourth-order valence-electron chi connectivity index (χ4n) is 1.34. The van der Waals surface area contributed by atoms with E-state index in [1.165, 1.54) is 7.11 Å². The molecule has 0 aliphatic heterocycles. The van der Waals surface area contributed by atoms with Gasteiger partial charge >= 0.3 is 6.16 Å². The van der Waals surface area contributed by atoms with Gasteiger partial charge in [0, 0.05) is 6.42 Å². The first-order chi connectivity index (χ1) is 7.58. The average Bonchev–Trinajstić information content (AvgIpc) is 2.12. The summed E-state index contributed by atoms with van der Waals surface area (Å²) >= 11 is 0. The molecule has 0 fully saturated rings. The zero-order valence-corrected chi connectivity index (χ0v) is 11.9. The summed E-state index contributed by atoms with van der Waals surface area (Å²) in [6.07, 6.45) is -0.136. The van der Waals surface area contributed by atoms with Gasteiger partial charge in [-0.3, -0.25) is 0 Å². The molecular formula is C12H24N2O3. The number of azo groups is 1. The lowest BCUT2D eigenvalue weighted by Gasteiger charge is -2.26. The van der Waals surface area contributed by atoms with Crippen molar-refractivity contribution in [1.29, 1.82) is 0 Å². The van der Waals surface area contributed by atoms with Crippen molar-refractivity contribution in [1.82, 2.24) is 0 Å². The Kier molecular flexibility index (Phi) is 5.58. The van der Waals surface area contributed by atoms with Gasteiger partial charge in [-0.2, -0.15) is 5.11 Å². The lowest BCUT2D eigenvalue weighted by atomic mass is 10.0. The van der Waals surface area contributed by atoms with Crippen LogP contribution in [0.2, 0.25) is 0 Å². The fourth-order valence-corrected chi connectivity index (χ4v) is 1.34. The first-order valence-electron chi connectivity index (χ1n) is 5.79. The van der Waals surface area contributed by atoms with Gasteiger partial charge in [-0.1, -0.05) is 13.8 Å². The predicted octanol–water partition coefficient (Wildman–Crippen LogP) is 3.78. The topological polar surface area (TPSA) is 60.2 Å². The number of hydrogen-bond acceptors (Lipinski definition) is 5. The minimum atomic E-state index is -0.964. The second-order valence-corrected chi connectivity index (χ2v) is 5.70. The second-order valence-electron chi connectivity index (χ2n) is 5.70. The van der Waals surface area contributed by atoms with Crippen LogP contribution in [0.5, 0.6) is 0 Å². The molecule has 1 unspecified atom stereocenters. The van der Waals surface area contributed by atoms with Crippen LogP contribution >= 0.6 is 0 Å². The summed E-state index contributed by atoms with van der Waals surface area (Å²) < 4.78 is 9.67. The molecule has 0 aromatic carbocycles. The number of hydrogen-bond donors (Lipinski definition) is 0. The maximum atomic E-state index is 11.2. The van der Waals surface area contributed by atoms with Crippen molar-refractivity contribution in [2.24, 2.45) is 16.1 Å². The van der Waals surface area contributed by atoms with E-state index in [2.05, 4.69) is 15.0 Å². The van der Waals surface area contributed by atoms with Gasteiger partial charge < -0.3 is 9.47 Å². The van der Waals surface area contributed by atoms with E-state index in [-0.39, 0.29) is 5.54 Å². The van der Waals surface area contributed by atoms with E-state index in [9.17, 15) is 4.79 Å². The normalized spacial score (nSPS) is 16.0. The van der Waals surface area contributed by atoms with E-state index in [4.69, 9.17) is 4.74 Å². The summed E-state index contributed by atoms with van der Waals surface area (Å²) in [4.78, 5) is 11.2. The number of ether oxygens (including phenoxy) is 2. The molecule has 0 heterocycles. The molecular weight excluding hydrogens is 220 g/mol. The molecule has 0 aliphatic rings. The van der Waals surface area contributed by atoms with Gasteiger partial charge in [0.1, 0.15) is 0 Å². The first-order valence-corrected chi connectivity index (χ1v) is 5.79. The lowest BCUT2D eigenvalue weighted by Crippen LogP contribution is -2.31. The van der Waals surface area contributed by atoms with Gasteiger partial charge in [0.05, 0.1) is 12.6 Å². The first kappa shape index (κ1) is 15.9. The Morgan fingerprint density at radius 1 is 1.18 bits per heavy atom. The maximum Gasteiger partial charge on any atom is 0.510 e. The van der Waals surface area contributed by atoms with Crippen LogP contribution in [0.25, 0.3) is 0 Å².